The lowest BCUT2D eigenvalue weighted by atomic mass is 10.2. The van der Waals surface area contributed by atoms with Gasteiger partial charge in [0.1, 0.15) is 5.82 Å². The van der Waals surface area contributed by atoms with E-state index in [1.54, 1.807) is 6.20 Å². The number of halogens is 1. The SMILES string of the molecule is Cc1ccnc2nc(-c3ccc(N)c(Br)c3)[nH]c12. The standard InChI is InChI=1S/C13H11BrN4/c1-7-4-5-16-13-11(7)17-12(18-13)8-2-3-10(15)9(14)6-8/h2-6H,15H2,1H3,(H,16,17,18). The number of nitrogen functional groups attached to an aromatic ring is 1. The zero-order valence-electron chi connectivity index (χ0n) is 9.74. The number of hydrogen-bond acceptors (Lipinski definition) is 3. The molecule has 0 radical (unpaired) electrons. The highest BCUT2D eigenvalue weighted by atomic mass is 79.9. The van der Waals surface area contributed by atoms with E-state index in [0.29, 0.717) is 5.69 Å². The highest BCUT2D eigenvalue weighted by molar-refractivity contribution is 9.10. The Morgan fingerprint density at radius 2 is 2.11 bits per heavy atom. The van der Waals surface area contributed by atoms with Crippen LogP contribution in [-0.2, 0) is 0 Å². The van der Waals surface area contributed by atoms with Crippen LogP contribution < -0.4 is 5.73 Å². The fourth-order valence-electron chi connectivity index (χ4n) is 1.85. The van der Waals surface area contributed by atoms with Gasteiger partial charge in [0, 0.05) is 21.9 Å². The molecule has 5 heteroatoms. The Balaban J connectivity index is 2.19. The second kappa shape index (κ2) is 4.10. The Morgan fingerprint density at radius 3 is 2.83 bits per heavy atom. The fraction of sp³-hybridized carbons (Fsp3) is 0.0769. The van der Waals surface area contributed by atoms with Gasteiger partial charge >= 0.3 is 0 Å². The monoisotopic (exact) mass is 302 g/mol. The molecule has 18 heavy (non-hydrogen) atoms. The summed E-state index contributed by atoms with van der Waals surface area (Å²) < 4.78 is 0.866. The van der Waals surface area contributed by atoms with Crippen LogP contribution in [0.1, 0.15) is 5.56 Å². The molecule has 0 unspecified atom stereocenters. The van der Waals surface area contributed by atoms with E-state index in [9.17, 15) is 0 Å². The van der Waals surface area contributed by atoms with E-state index in [4.69, 9.17) is 5.73 Å². The minimum Gasteiger partial charge on any atom is -0.398 e. The predicted octanol–water partition coefficient (Wildman–Crippen LogP) is 3.28. The lowest BCUT2D eigenvalue weighted by Gasteiger charge is -2.00. The number of nitrogens with one attached hydrogen (secondary N) is 1. The van der Waals surface area contributed by atoms with E-state index in [0.717, 1.165) is 32.6 Å². The van der Waals surface area contributed by atoms with Crippen molar-refractivity contribution in [1.82, 2.24) is 15.0 Å². The summed E-state index contributed by atoms with van der Waals surface area (Å²) in [5.74, 6) is 0.799. The minimum atomic E-state index is 0.712. The molecule has 0 aliphatic carbocycles. The van der Waals surface area contributed by atoms with Crippen molar-refractivity contribution in [3.8, 4) is 11.4 Å². The van der Waals surface area contributed by atoms with Gasteiger partial charge in [-0.2, -0.15) is 0 Å². The first kappa shape index (κ1) is 11.2. The molecule has 0 saturated carbocycles. The number of aromatic nitrogens is 3. The van der Waals surface area contributed by atoms with Crippen molar-refractivity contribution in [2.24, 2.45) is 0 Å². The molecule has 90 valence electrons. The number of fused-ring (bicyclic) bond motifs is 1. The van der Waals surface area contributed by atoms with Crippen molar-refractivity contribution < 1.29 is 0 Å². The van der Waals surface area contributed by atoms with Crippen LogP contribution in [-0.4, -0.2) is 15.0 Å². The lowest BCUT2D eigenvalue weighted by Crippen LogP contribution is -1.87. The van der Waals surface area contributed by atoms with Crippen molar-refractivity contribution in [2.45, 2.75) is 6.92 Å². The maximum absolute atomic E-state index is 5.78. The number of aryl methyl sites for hydroxylation is 1. The van der Waals surface area contributed by atoms with E-state index < -0.39 is 0 Å². The summed E-state index contributed by atoms with van der Waals surface area (Å²) in [5, 5.41) is 0. The highest BCUT2D eigenvalue weighted by Crippen LogP contribution is 2.27. The van der Waals surface area contributed by atoms with E-state index in [1.165, 1.54) is 0 Å². The topological polar surface area (TPSA) is 67.6 Å². The first-order valence-corrected chi connectivity index (χ1v) is 6.31. The quantitative estimate of drug-likeness (QED) is 0.678. The molecule has 0 aliphatic rings. The smallest absolute Gasteiger partial charge is 0.178 e. The van der Waals surface area contributed by atoms with Crippen LogP contribution in [0.25, 0.3) is 22.6 Å². The van der Waals surface area contributed by atoms with Gasteiger partial charge in [-0.3, -0.25) is 0 Å². The molecule has 2 aromatic heterocycles. The van der Waals surface area contributed by atoms with Gasteiger partial charge in [0.2, 0.25) is 0 Å². The summed E-state index contributed by atoms with van der Waals surface area (Å²) in [6, 6.07) is 7.70. The van der Waals surface area contributed by atoms with Crippen LogP contribution in [0, 0.1) is 6.92 Å². The van der Waals surface area contributed by atoms with E-state index in [1.807, 2.05) is 31.2 Å². The molecule has 3 aromatic rings. The van der Waals surface area contributed by atoms with Crippen LogP contribution in [0.4, 0.5) is 5.69 Å². The molecule has 4 nitrogen and oxygen atoms in total. The molecule has 0 saturated heterocycles. The number of nitrogens with zero attached hydrogens (tertiary/aromatic N) is 2. The Hall–Kier alpha value is -1.88. The number of hydrogen-bond donors (Lipinski definition) is 2. The third-order valence-electron chi connectivity index (χ3n) is 2.87. The number of aromatic amines is 1. The van der Waals surface area contributed by atoms with Crippen molar-refractivity contribution in [3.05, 3.63) is 40.5 Å². The van der Waals surface area contributed by atoms with Crippen LogP contribution in [0.2, 0.25) is 0 Å². The third-order valence-corrected chi connectivity index (χ3v) is 3.56. The van der Waals surface area contributed by atoms with Gasteiger partial charge < -0.3 is 10.7 Å². The molecule has 0 amide bonds. The van der Waals surface area contributed by atoms with Gasteiger partial charge in [0.05, 0.1) is 5.52 Å². The largest absolute Gasteiger partial charge is 0.398 e. The second-order valence-electron chi connectivity index (χ2n) is 4.15. The Labute approximate surface area is 112 Å². The first-order chi connectivity index (χ1) is 8.65. The van der Waals surface area contributed by atoms with Crippen molar-refractivity contribution in [1.29, 1.82) is 0 Å². The van der Waals surface area contributed by atoms with Gasteiger partial charge in [-0.15, -0.1) is 0 Å². The van der Waals surface area contributed by atoms with Crippen LogP contribution >= 0.6 is 15.9 Å². The molecular weight excluding hydrogens is 292 g/mol. The summed E-state index contributed by atoms with van der Waals surface area (Å²) in [7, 11) is 0. The number of pyridine rings is 1. The molecule has 0 spiro atoms. The summed E-state index contributed by atoms with van der Waals surface area (Å²) in [4.78, 5) is 12.0. The molecule has 3 rings (SSSR count). The molecule has 3 N–H and O–H groups in total. The number of benzene rings is 1. The summed E-state index contributed by atoms with van der Waals surface area (Å²) in [6.07, 6.45) is 1.77. The molecule has 1 aromatic carbocycles. The average molecular weight is 303 g/mol. The van der Waals surface area contributed by atoms with Crippen LogP contribution in [0.3, 0.4) is 0 Å². The van der Waals surface area contributed by atoms with E-state index in [-0.39, 0.29) is 0 Å². The first-order valence-electron chi connectivity index (χ1n) is 5.52. The fourth-order valence-corrected chi connectivity index (χ4v) is 2.23. The van der Waals surface area contributed by atoms with Gasteiger partial charge in [-0.1, -0.05) is 0 Å². The maximum Gasteiger partial charge on any atom is 0.178 e. The summed E-state index contributed by atoms with van der Waals surface area (Å²) >= 11 is 3.42. The third kappa shape index (κ3) is 1.76. The van der Waals surface area contributed by atoms with Gasteiger partial charge in [0.15, 0.2) is 5.65 Å². The van der Waals surface area contributed by atoms with Crippen LogP contribution in [0.15, 0.2) is 34.9 Å². The number of imidazole rings is 1. The van der Waals surface area contributed by atoms with Gasteiger partial charge in [-0.25, -0.2) is 9.97 Å². The summed E-state index contributed by atoms with van der Waals surface area (Å²) in [5.41, 5.74) is 10.3. The Kier molecular flexibility index (Phi) is 2.56. The minimum absolute atomic E-state index is 0.712. The predicted molar refractivity (Wildman–Crippen MR) is 76.2 cm³/mol. The number of H-pyrrole nitrogens is 1. The van der Waals surface area contributed by atoms with Crippen molar-refractivity contribution in [2.75, 3.05) is 5.73 Å². The zero-order valence-corrected chi connectivity index (χ0v) is 11.3. The number of rotatable bonds is 1. The molecule has 2 heterocycles. The van der Waals surface area contributed by atoms with Gasteiger partial charge in [-0.05, 0) is 52.7 Å². The van der Waals surface area contributed by atoms with Crippen molar-refractivity contribution >= 4 is 32.8 Å². The molecule has 0 aliphatic heterocycles. The van der Waals surface area contributed by atoms with E-state index in [2.05, 4.69) is 30.9 Å². The zero-order chi connectivity index (χ0) is 12.7. The average Bonchev–Trinajstić information content (AvgIpc) is 2.78. The second-order valence-corrected chi connectivity index (χ2v) is 5.00. The van der Waals surface area contributed by atoms with Crippen molar-refractivity contribution in [3.63, 3.8) is 0 Å². The lowest BCUT2D eigenvalue weighted by molar-refractivity contribution is 1.30. The van der Waals surface area contributed by atoms with E-state index >= 15 is 0 Å². The molecular formula is C13H11BrN4. The normalized spacial score (nSPS) is 11.0. The van der Waals surface area contributed by atoms with Crippen LogP contribution in [0.5, 0.6) is 0 Å². The maximum atomic E-state index is 5.78. The Bertz CT molecular complexity index is 733. The highest BCUT2D eigenvalue weighted by Gasteiger charge is 2.08. The number of nitrogens with two attached hydrogens (primary N) is 1. The summed E-state index contributed by atoms with van der Waals surface area (Å²) in [6.45, 7) is 2.03. The number of anilines is 1. The molecule has 0 atom stereocenters. The molecule has 0 bridgehead atoms. The van der Waals surface area contributed by atoms with Gasteiger partial charge in [0.25, 0.3) is 0 Å². The Morgan fingerprint density at radius 1 is 1.28 bits per heavy atom. The molecule has 0 fully saturated rings.